The zero-order chi connectivity index (χ0) is 16.3. The second-order valence-corrected chi connectivity index (χ2v) is 5.70. The third-order valence-electron chi connectivity index (χ3n) is 3.71. The third kappa shape index (κ3) is 7.07. The molecular weight excluding hydrogens is 413 g/mol. The van der Waals surface area contributed by atoms with Crippen LogP contribution in [0.3, 0.4) is 0 Å². The number of fused-ring (bicyclic) bond motifs is 1. The highest BCUT2D eigenvalue weighted by Gasteiger charge is 2.02. The molecule has 0 saturated carbocycles. The largest absolute Gasteiger partial charge is 0.357 e. The first kappa shape index (κ1) is 20.7. The van der Waals surface area contributed by atoms with Crippen LogP contribution in [0.15, 0.2) is 35.6 Å². The number of hydrogen-bond acceptors (Lipinski definition) is 2. The summed E-state index contributed by atoms with van der Waals surface area (Å²) in [6, 6.07) is 6.06. The van der Waals surface area contributed by atoms with E-state index in [1.165, 1.54) is 19.3 Å². The third-order valence-corrected chi connectivity index (χ3v) is 3.71. The molecule has 2 aromatic heterocycles. The van der Waals surface area contributed by atoms with E-state index in [1.54, 1.807) is 0 Å². The van der Waals surface area contributed by atoms with Crippen molar-refractivity contribution in [3.63, 3.8) is 0 Å². The lowest BCUT2D eigenvalue weighted by Gasteiger charge is -2.10. The Bertz CT molecular complexity index is 575. The molecule has 0 aliphatic rings. The molecule has 0 aliphatic carbocycles. The van der Waals surface area contributed by atoms with Crippen LogP contribution in [0, 0.1) is 0 Å². The Morgan fingerprint density at radius 2 is 2.04 bits per heavy atom. The standard InChI is InChI=1S/C18H29N5.HI/c1-3-5-6-8-12-20-18(19-4-2)21-13-11-16-15-23-14-9-7-10-17(23)22-16;/h7,9-10,14-15H,3-6,8,11-13H2,1-2H3,(H2,19,20,21);1H. The van der Waals surface area contributed by atoms with Crippen LogP contribution in [0.5, 0.6) is 0 Å². The van der Waals surface area contributed by atoms with Crippen LogP contribution in [-0.2, 0) is 6.42 Å². The number of aromatic nitrogens is 2. The molecule has 2 rings (SSSR count). The van der Waals surface area contributed by atoms with Gasteiger partial charge in [-0.15, -0.1) is 24.0 Å². The van der Waals surface area contributed by atoms with E-state index >= 15 is 0 Å². The molecular formula is C18H30IN5. The number of pyridine rings is 1. The van der Waals surface area contributed by atoms with Gasteiger partial charge in [0.2, 0.25) is 0 Å². The first-order chi connectivity index (χ1) is 11.3. The SMILES string of the molecule is CCCCCCN=C(NCC)NCCc1cn2ccccc2n1.I. The summed E-state index contributed by atoms with van der Waals surface area (Å²) in [5.41, 5.74) is 2.10. The highest BCUT2D eigenvalue weighted by atomic mass is 127. The van der Waals surface area contributed by atoms with Crippen LogP contribution in [0.4, 0.5) is 0 Å². The molecule has 24 heavy (non-hydrogen) atoms. The predicted octanol–water partition coefficient (Wildman–Crippen LogP) is 3.63. The first-order valence-corrected chi connectivity index (χ1v) is 8.78. The van der Waals surface area contributed by atoms with E-state index in [0.29, 0.717) is 0 Å². The van der Waals surface area contributed by atoms with Gasteiger partial charge in [0.05, 0.1) is 5.69 Å². The van der Waals surface area contributed by atoms with Crippen molar-refractivity contribution in [3.05, 3.63) is 36.3 Å². The number of unbranched alkanes of at least 4 members (excludes halogenated alkanes) is 3. The van der Waals surface area contributed by atoms with E-state index in [-0.39, 0.29) is 24.0 Å². The average molecular weight is 443 g/mol. The van der Waals surface area contributed by atoms with Gasteiger partial charge < -0.3 is 15.0 Å². The van der Waals surface area contributed by atoms with Crippen LogP contribution >= 0.6 is 24.0 Å². The summed E-state index contributed by atoms with van der Waals surface area (Å²) >= 11 is 0. The summed E-state index contributed by atoms with van der Waals surface area (Å²) in [5.74, 6) is 0.910. The van der Waals surface area contributed by atoms with Gasteiger partial charge in [0.1, 0.15) is 5.65 Å². The number of hydrogen-bond donors (Lipinski definition) is 2. The van der Waals surface area contributed by atoms with Gasteiger partial charge >= 0.3 is 0 Å². The number of imidazole rings is 1. The number of nitrogens with zero attached hydrogens (tertiary/aromatic N) is 3. The van der Waals surface area contributed by atoms with Crippen LogP contribution in [0.1, 0.15) is 45.2 Å². The number of aliphatic imine (C=N–C) groups is 1. The fourth-order valence-corrected chi connectivity index (χ4v) is 2.49. The van der Waals surface area contributed by atoms with Crippen LogP contribution in [0.25, 0.3) is 5.65 Å². The van der Waals surface area contributed by atoms with Gasteiger partial charge in [0.15, 0.2) is 5.96 Å². The fourth-order valence-electron chi connectivity index (χ4n) is 2.49. The van der Waals surface area contributed by atoms with Gasteiger partial charge in [-0.05, 0) is 25.5 Å². The summed E-state index contributed by atoms with van der Waals surface area (Å²) in [4.78, 5) is 9.24. The van der Waals surface area contributed by atoms with E-state index in [4.69, 9.17) is 0 Å². The molecule has 2 heterocycles. The van der Waals surface area contributed by atoms with Gasteiger partial charge in [-0.2, -0.15) is 0 Å². The second-order valence-electron chi connectivity index (χ2n) is 5.70. The van der Waals surface area contributed by atoms with Crippen molar-refractivity contribution in [1.82, 2.24) is 20.0 Å². The van der Waals surface area contributed by atoms with E-state index in [0.717, 1.165) is 49.8 Å². The second kappa shape index (κ2) is 12.1. The van der Waals surface area contributed by atoms with Gasteiger partial charge in [0, 0.05) is 38.4 Å². The molecule has 0 atom stereocenters. The lowest BCUT2D eigenvalue weighted by Crippen LogP contribution is -2.38. The van der Waals surface area contributed by atoms with E-state index < -0.39 is 0 Å². The zero-order valence-electron chi connectivity index (χ0n) is 14.8. The Morgan fingerprint density at radius 1 is 1.17 bits per heavy atom. The summed E-state index contributed by atoms with van der Waals surface area (Å²) in [5, 5.41) is 6.69. The smallest absolute Gasteiger partial charge is 0.191 e. The molecule has 0 radical (unpaired) electrons. The Labute approximate surface area is 162 Å². The lowest BCUT2D eigenvalue weighted by molar-refractivity contribution is 0.670. The molecule has 0 spiro atoms. The van der Waals surface area contributed by atoms with E-state index in [9.17, 15) is 0 Å². The molecule has 0 aliphatic heterocycles. The van der Waals surface area contributed by atoms with Crippen molar-refractivity contribution in [2.75, 3.05) is 19.6 Å². The maximum Gasteiger partial charge on any atom is 0.191 e. The van der Waals surface area contributed by atoms with Crippen molar-refractivity contribution in [2.45, 2.75) is 46.0 Å². The maximum atomic E-state index is 4.63. The number of halogens is 1. The van der Waals surface area contributed by atoms with Crippen molar-refractivity contribution in [3.8, 4) is 0 Å². The molecule has 0 fully saturated rings. The molecule has 0 aromatic carbocycles. The Kier molecular flexibility index (Phi) is 10.5. The molecule has 0 saturated heterocycles. The molecule has 0 unspecified atom stereocenters. The molecule has 2 N–H and O–H groups in total. The monoisotopic (exact) mass is 443 g/mol. The number of rotatable bonds is 9. The normalized spacial score (nSPS) is 11.3. The molecule has 134 valence electrons. The summed E-state index contributed by atoms with van der Waals surface area (Å²) in [6.45, 7) is 6.94. The zero-order valence-corrected chi connectivity index (χ0v) is 17.1. The van der Waals surface area contributed by atoms with Crippen molar-refractivity contribution in [2.24, 2.45) is 4.99 Å². The lowest BCUT2D eigenvalue weighted by atomic mass is 10.2. The van der Waals surface area contributed by atoms with Gasteiger partial charge in [-0.3, -0.25) is 4.99 Å². The minimum Gasteiger partial charge on any atom is -0.357 e. The molecule has 0 bridgehead atoms. The van der Waals surface area contributed by atoms with Gasteiger partial charge in [0.25, 0.3) is 0 Å². The molecule has 6 heteroatoms. The van der Waals surface area contributed by atoms with E-state index in [1.807, 2.05) is 24.4 Å². The van der Waals surface area contributed by atoms with Gasteiger partial charge in [-0.25, -0.2) is 4.98 Å². The Hall–Kier alpha value is -1.31. The number of nitrogens with one attached hydrogen (secondary N) is 2. The van der Waals surface area contributed by atoms with Crippen molar-refractivity contribution in [1.29, 1.82) is 0 Å². The fraction of sp³-hybridized carbons (Fsp3) is 0.556. The summed E-state index contributed by atoms with van der Waals surface area (Å²) < 4.78 is 2.06. The minimum atomic E-state index is 0. The molecule has 5 nitrogen and oxygen atoms in total. The topological polar surface area (TPSA) is 53.7 Å². The minimum absolute atomic E-state index is 0. The highest BCUT2D eigenvalue weighted by Crippen LogP contribution is 2.04. The van der Waals surface area contributed by atoms with Crippen molar-refractivity contribution < 1.29 is 0 Å². The maximum absolute atomic E-state index is 4.63. The average Bonchev–Trinajstić information content (AvgIpc) is 2.97. The predicted molar refractivity (Wildman–Crippen MR) is 112 cm³/mol. The van der Waals surface area contributed by atoms with Gasteiger partial charge in [-0.1, -0.05) is 32.3 Å². The van der Waals surface area contributed by atoms with Crippen molar-refractivity contribution >= 4 is 35.6 Å². The molecule has 2 aromatic rings. The first-order valence-electron chi connectivity index (χ1n) is 8.78. The van der Waals surface area contributed by atoms with Crippen LogP contribution < -0.4 is 10.6 Å². The summed E-state index contributed by atoms with van der Waals surface area (Å²) in [6.07, 6.45) is 10.0. The van der Waals surface area contributed by atoms with Crippen LogP contribution in [-0.4, -0.2) is 35.0 Å². The Morgan fingerprint density at radius 3 is 2.79 bits per heavy atom. The number of guanidine groups is 1. The summed E-state index contributed by atoms with van der Waals surface area (Å²) in [7, 11) is 0. The van der Waals surface area contributed by atoms with Crippen LogP contribution in [0.2, 0.25) is 0 Å². The Balaban J connectivity index is 0.00000288. The van der Waals surface area contributed by atoms with E-state index in [2.05, 4.69) is 45.1 Å². The molecule has 0 amide bonds. The quantitative estimate of drug-likeness (QED) is 0.269. The highest BCUT2D eigenvalue weighted by molar-refractivity contribution is 14.0.